The van der Waals surface area contributed by atoms with E-state index in [0.717, 1.165) is 16.7 Å². The van der Waals surface area contributed by atoms with Crippen molar-refractivity contribution in [2.24, 2.45) is 0 Å². The third kappa shape index (κ3) is 5.74. The average molecular weight is 599 g/mol. The fraction of sp³-hybridized carbons (Fsp3) is 0.167. The average Bonchev–Trinajstić information content (AvgIpc) is 3.40. The molecule has 14 heteroatoms. The lowest BCUT2D eigenvalue weighted by molar-refractivity contribution is -0.201. The summed E-state index contributed by atoms with van der Waals surface area (Å²) < 4.78 is 76.1. The second-order valence-corrected chi connectivity index (χ2v) is 8.62. The van der Waals surface area contributed by atoms with Crippen LogP contribution in [-0.4, -0.2) is 31.7 Å². The molecule has 0 aliphatic heterocycles. The molecule has 2 aromatic carbocycles. The Labute approximate surface area is 219 Å². The van der Waals surface area contributed by atoms with E-state index < -0.39 is 54.3 Å². The van der Waals surface area contributed by atoms with Crippen molar-refractivity contribution in [2.45, 2.75) is 26.3 Å². The van der Waals surface area contributed by atoms with E-state index in [1.807, 2.05) is 0 Å². The largest absolute Gasteiger partial charge is 0.490 e. The quantitative estimate of drug-likeness (QED) is 0.233. The molecule has 0 radical (unpaired) electrons. The number of carbonyl (C=O) groups is 1. The lowest BCUT2D eigenvalue weighted by atomic mass is 10.1. The molecule has 0 aliphatic rings. The summed E-state index contributed by atoms with van der Waals surface area (Å²) in [4.78, 5) is 35.9. The number of halogens is 6. The van der Waals surface area contributed by atoms with E-state index in [4.69, 9.17) is 4.74 Å². The second kappa shape index (κ2) is 10.7. The van der Waals surface area contributed by atoms with Crippen LogP contribution in [0.1, 0.15) is 17.0 Å². The molecule has 0 spiro atoms. The van der Waals surface area contributed by atoms with Crippen LogP contribution in [0.2, 0.25) is 0 Å². The van der Waals surface area contributed by atoms with E-state index >= 15 is 0 Å². The number of imidazole rings is 1. The predicted molar refractivity (Wildman–Crippen MR) is 126 cm³/mol. The lowest BCUT2D eigenvalue weighted by Gasteiger charge is -2.18. The van der Waals surface area contributed by atoms with Crippen molar-refractivity contribution < 1.29 is 36.2 Å². The summed E-state index contributed by atoms with van der Waals surface area (Å²) in [6.45, 7) is 0.108. The zero-order chi connectivity index (χ0) is 27.6. The van der Waals surface area contributed by atoms with Gasteiger partial charge in [-0.2, -0.15) is 18.2 Å². The van der Waals surface area contributed by atoms with Crippen molar-refractivity contribution in [3.05, 3.63) is 92.2 Å². The summed E-state index contributed by atoms with van der Waals surface area (Å²) in [5.41, 5.74) is 0.403. The number of rotatable bonds is 7. The number of benzene rings is 2. The first-order valence-corrected chi connectivity index (χ1v) is 11.5. The first-order valence-electron chi connectivity index (χ1n) is 10.7. The Bertz CT molecular complexity index is 1550. The summed E-state index contributed by atoms with van der Waals surface area (Å²) in [5, 5.41) is 0. The van der Waals surface area contributed by atoms with Crippen LogP contribution >= 0.6 is 15.9 Å². The highest BCUT2D eigenvalue weighted by Crippen LogP contribution is 2.27. The Balaban J connectivity index is 1.79. The molecule has 0 aliphatic carbocycles. The number of hydrogen-bond acceptors (Lipinski definition) is 6. The minimum absolute atomic E-state index is 0.0729. The number of aromatic nitrogens is 4. The zero-order valence-electron chi connectivity index (χ0n) is 19.3. The minimum atomic E-state index is -5.28. The molecule has 0 bridgehead atoms. The van der Waals surface area contributed by atoms with Crippen molar-refractivity contribution in [3.8, 4) is 23.0 Å². The molecule has 1 N–H and O–H groups in total. The standard InChI is InChI=1S/C24H16BrF5N4O4/c1-12-2-3-13(20-31-6-7-32-20)8-17(12)34-18(11-38-23(36)24(28,29)30)33-21(19(25)22(34)35)37-10-14-4-5-15(26)9-16(14)27/h2-9H,10-11H2,1H3,(H,31,32). The molecule has 2 heterocycles. The number of esters is 1. The van der Waals surface area contributed by atoms with Gasteiger partial charge in [-0.3, -0.25) is 9.36 Å². The smallest absolute Gasteiger partial charge is 0.472 e. The number of nitrogens with zero attached hydrogens (tertiary/aromatic N) is 3. The number of aryl methyl sites for hydroxylation is 1. The Kier molecular flexibility index (Phi) is 7.62. The Hall–Kier alpha value is -4.07. The molecule has 4 aromatic rings. The molecular weight excluding hydrogens is 583 g/mol. The number of ether oxygens (including phenoxy) is 2. The van der Waals surface area contributed by atoms with Gasteiger partial charge in [-0.05, 0) is 46.6 Å². The van der Waals surface area contributed by atoms with Crippen LogP contribution in [-0.2, 0) is 22.7 Å². The highest BCUT2D eigenvalue weighted by Gasteiger charge is 2.41. The molecule has 198 valence electrons. The van der Waals surface area contributed by atoms with Gasteiger partial charge < -0.3 is 14.5 Å². The predicted octanol–water partition coefficient (Wildman–Crippen LogP) is 5.16. The van der Waals surface area contributed by atoms with Gasteiger partial charge in [-0.25, -0.2) is 18.6 Å². The maximum atomic E-state index is 14.0. The third-order valence-electron chi connectivity index (χ3n) is 5.23. The second-order valence-electron chi connectivity index (χ2n) is 7.83. The van der Waals surface area contributed by atoms with Gasteiger partial charge in [-0.15, -0.1) is 0 Å². The number of aromatic amines is 1. The van der Waals surface area contributed by atoms with E-state index in [0.29, 0.717) is 23.0 Å². The summed E-state index contributed by atoms with van der Waals surface area (Å²) in [7, 11) is 0. The van der Waals surface area contributed by atoms with Crippen LogP contribution in [0.5, 0.6) is 5.88 Å². The molecule has 8 nitrogen and oxygen atoms in total. The normalized spacial score (nSPS) is 11.4. The molecule has 2 aromatic heterocycles. The summed E-state index contributed by atoms with van der Waals surface area (Å²) in [6, 6.07) is 7.67. The zero-order valence-corrected chi connectivity index (χ0v) is 20.9. The number of H-pyrrole nitrogens is 1. The van der Waals surface area contributed by atoms with Gasteiger partial charge in [0, 0.05) is 29.6 Å². The van der Waals surface area contributed by atoms with E-state index in [1.54, 1.807) is 31.3 Å². The van der Waals surface area contributed by atoms with E-state index in [2.05, 4.69) is 35.6 Å². The number of carbonyl (C=O) groups excluding carboxylic acids is 1. The van der Waals surface area contributed by atoms with Gasteiger partial charge in [0.15, 0.2) is 12.4 Å². The summed E-state index contributed by atoms with van der Waals surface area (Å²) in [6.07, 6.45) is -2.19. The van der Waals surface area contributed by atoms with Crippen molar-refractivity contribution in [1.29, 1.82) is 0 Å². The molecule has 0 saturated heterocycles. The molecular formula is C24H16BrF5N4O4. The van der Waals surface area contributed by atoms with E-state index in [1.165, 1.54) is 6.20 Å². The number of hydrogen-bond donors (Lipinski definition) is 1. The minimum Gasteiger partial charge on any atom is -0.472 e. The van der Waals surface area contributed by atoms with E-state index in [9.17, 15) is 31.5 Å². The maximum absolute atomic E-state index is 14.0. The van der Waals surface area contributed by atoms with Gasteiger partial charge >= 0.3 is 12.1 Å². The van der Waals surface area contributed by atoms with Crippen LogP contribution in [0.25, 0.3) is 17.1 Å². The summed E-state index contributed by atoms with van der Waals surface area (Å²) >= 11 is 3.08. The van der Waals surface area contributed by atoms with Crippen molar-refractivity contribution in [3.63, 3.8) is 0 Å². The first-order chi connectivity index (χ1) is 18.0. The number of alkyl halides is 3. The maximum Gasteiger partial charge on any atom is 0.490 e. The third-order valence-corrected chi connectivity index (χ3v) is 5.91. The van der Waals surface area contributed by atoms with Crippen LogP contribution in [0, 0.1) is 18.6 Å². The topological polar surface area (TPSA) is 99.1 Å². The summed E-state index contributed by atoms with van der Waals surface area (Å²) in [5.74, 6) is -4.58. The monoisotopic (exact) mass is 598 g/mol. The van der Waals surface area contributed by atoms with Gasteiger partial charge in [0.25, 0.3) is 5.56 Å². The van der Waals surface area contributed by atoms with Crippen molar-refractivity contribution in [2.75, 3.05) is 0 Å². The van der Waals surface area contributed by atoms with Gasteiger partial charge in [-0.1, -0.05) is 12.1 Å². The molecule has 0 saturated carbocycles. The van der Waals surface area contributed by atoms with Gasteiger partial charge in [0.1, 0.15) is 28.5 Å². The van der Waals surface area contributed by atoms with Crippen LogP contribution in [0.4, 0.5) is 22.0 Å². The Morgan fingerprint density at radius 2 is 1.89 bits per heavy atom. The molecule has 38 heavy (non-hydrogen) atoms. The highest BCUT2D eigenvalue weighted by molar-refractivity contribution is 9.10. The fourth-order valence-electron chi connectivity index (χ4n) is 3.38. The van der Waals surface area contributed by atoms with Crippen LogP contribution in [0.3, 0.4) is 0 Å². The molecule has 0 unspecified atom stereocenters. The lowest BCUT2D eigenvalue weighted by Crippen LogP contribution is -2.29. The molecule has 0 amide bonds. The molecule has 0 atom stereocenters. The fourth-order valence-corrected chi connectivity index (χ4v) is 3.76. The van der Waals surface area contributed by atoms with Gasteiger partial charge in [0.05, 0.1) is 5.69 Å². The van der Waals surface area contributed by atoms with Crippen LogP contribution in [0.15, 0.2) is 58.1 Å². The first kappa shape index (κ1) is 27.0. The van der Waals surface area contributed by atoms with E-state index in [-0.39, 0.29) is 15.7 Å². The van der Waals surface area contributed by atoms with Crippen molar-refractivity contribution >= 4 is 21.9 Å². The highest BCUT2D eigenvalue weighted by atomic mass is 79.9. The van der Waals surface area contributed by atoms with Crippen LogP contribution < -0.4 is 10.3 Å². The Morgan fingerprint density at radius 1 is 1.13 bits per heavy atom. The molecule has 0 fully saturated rings. The molecule has 4 rings (SSSR count). The van der Waals surface area contributed by atoms with Gasteiger partial charge in [0.2, 0.25) is 5.88 Å². The number of nitrogens with one attached hydrogen (secondary N) is 1. The van der Waals surface area contributed by atoms with Crippen molar-refractivity contribution in [1.82, 2.24) is 19.5 Å². The Morgan fingerprint density at radius 3 is 2.55 bits per heavy atom. The SMILES string of the molecule is Cc1ccc(-c2ncc[nH]2)cc1-n1c(COC(=O)C(F)(F)F)nc(OCc2ccc(F)cc2F)c(Br)c1=O.